The van der Waals surface area contributed by atoms with E-state index in [0.29, 0.717) is 0 Å². The molecule has 0 spiro atoms. The van der Waals surface area contributed by atoms with Gasteiger partial charge in [0.1, 0.15) is 0 Å². The van der Waals surface area contributed by atoms with Crippen molar-refractivity contribution in [1.82, 2.24) is 4.90 Å². The maximum absolute atomic E-state index is 13.5. The summed E-state index contributed by atoms with van der Waals surface area (Å²) < 4.78 is 0. The highest BCUT2D eigenvalue weighted by Gasteiger charge is 2.33. The minimum Gasteiger partial charge on any atom is -0.327 e. The molecule has 0 N–H and O–H groups in total. The number of fused-ring (bicyclic) bond motifs is 1. The van der Waals surface area contributed by atoms with Gasteiger partial charge >= 0.3 is 0 Å². The lowest BCUT2D eigenvalue weighted by molar-refractivity contribution is 0.0696. The van der Waals surface area contributed by atoms with Crippen LogP contribution in [0.4, 0.5) is 0 Å². The van der Waals surface area contributed by atoms with Gasteiger partial charge in [-0.1, -0.05) is 61.7 Å². The number of aryl methyl sites for hydroxylation is 2. The molecule has 2 aromatic carbocycles. The van der Waals surface area contributed by atoms with Crippen molar-refractivity contribution in [3.8, 4) is 0 Å². The second kappa shape index (κ2) is 8.96. The molecule has 3 heteroatoms. The number of nitrogens with zero attached hydrogens (tertiary/aromatic N) is 1. The molecule has 0 aliphatic carbocycles. The highest BCUT2D eigenvalue weighted by atomic mass is 32.1. The molecular weight excluding hydrogens is 374 g/mol. The zero-order valence-electron chi connectivity index (χ0n) is 17.4. The Hall–Kier alpha value is -2.39. The Labute approximate surface area is 178 Å². The molecule has 2 heterocycles. The molecule has 0 unspecified atom stereocenters. The van der Waals surface area contributed by atoms with Crippen LogP contribution >= 0.6 is 11.3 Å². The molecule has 0 radical (unpaired) electrons. The molecule has 1 aromatic heterocycles. The van der Waals surface area contributed by atoms with E-state index in [9.17, 15) is 4.79 Å². The van der Waals surface area contributed by atoms with E-state index in [1.54, 1.807) is 0 Å². The normalized spacial score (nSPS) is 15.9. The van der Waals surface area contributed by atoms with Crippen LogP contribution in [0.15, 0.2) is 60.0 Å². The smallest absolute Gasteiger partial charge is 0.254 e. The first-order valence-corrected chi connectivity index (χ1v) is 11.6. The molecule has 1 amide bonds. The predicted molar refractivity (Wildman–Crippen MR) is 122 cm³/mol. The first-order chi connectivity index (χ1) is 14.2. The van der Waals surface area contributed by atoms with Crippen LogP contribution < -0.4 is 0 Å². The molecular formula is C26H29NOS. The molecule has 1 aliphatic heterocycles. The zero-order valence-corrected chi connectivity index (χ0v) is 18.2. The number of benzene rings is 2. The maximum Gasteiger partial charge on any atom is 0.254 e. The van der Waals surface area contributed by atoms with E-state index in [2.05, 4.69) is 66.6 Å². The van der Waals surface area contributed by atoms with Gasteiger partial charge in [-0.05, 0) is 66.5 Å². The summed E-state index contributed by atoms with van der Waals surface area (Å²) in [4.78, 5) is 17.0. The Morgan fingerprint density at radius 3 is 2.52 bits per heavy atom. The van der Waals surface area contributed by atoms with Crippen LogP contribution in [-0.2, 0) is 12.8 Å². The minimum absolute atomic E-state index is 0.00216. The van der Waals surface area contributed by atoms with Gasteiger partial charge < -0.3 is 4.90 Å². The molecule has 1 aliphatic rings. The standard InChI is InChI=1S/C26H29NOS/c1-3-4-5-6-20-9-13-22(14-10-20)26(28)27-17-15-24-23(16-18-29-24)25(27)21-11-7-19(2)8-12-21/h7-14,16,18,25H,3-6,15,17H2,1-2H3/t25-/m0/s1. The fourth-order valence-corrected chi connectivity index (χ4v) is 5.11. The highest BCUT2D eigenvalue weighted by molar-refractivity contribution is 7.10. The van der Waals surface area contributed by atoms with Crippen LogP contribution in [0.5, 0.6) is 0 Å². The Bertz CT molecular complexity index is 955. The third kappa shape index (κ3) is 4.30. The summed E-state index contributed by atoms with van der Waals surface area (Å²) in [5.74, 6) is 0.132. The quantitative estimate of drug-likeness (QED) is 0.426. The van der Waals surface area contributed by atoms with Crippen molar-refractivity contribution < 1.29 is 4.79 Å². The second-order valence-corrected chi connectivity index (χ2v) is 9.02. The van der Waals surface area contributed by atoms with Crippen molar-refractivity contribution in [3.05, 3.63) is 92.7 Å². The molecule has 3 aromatic rings. The largest absolute Gasteiger partial charge is 0.327 e. The second-order valence-electron chi connectivity index (χ2n) is 8.01. The van der Waals surface area contributed by atoms with Gasteiger partial charge in [-0.25, -0.2) is 0 Å². The van der Waals surface area contributed by atoms with Gasteiger partial charge in [-0.3, -0.25) is 4.79 Å². The van der Waals surface area contributed by atoms with Gasteiger partial charge in [-0.15, -0.1) is 11.3 Å². The SMILES string of the molecule is CCCCCc1ccc(C(=O)N2CCc3sccc3[C@@H]2c2ccc(C)cc2)cc1. The van der Waals surface area contributed by atoms with Crippen LogP contribution in [0.25, 0.3) is 0 Å². The molecule has 1 atom stereocenters. The van der Waals surface area contributed by atoms with Crippen molar-refractivity contribution in [3.63, 3.8) is 0 Å². The van der Waals surface area contributed by atoms with Gasteiger partial charge in [0.15, 0.2) is 0 Å². The van der Waals surface area contributed by atoms with E-state index in [-0.39, 0.29) is 11.9 Å². The highest BCUT2D eigenvalue weighted by Crippen LogP contribution is 2.38. The average molecular weight is 404 g/mol. The minimum atomic E-state index is 0.00216. The zero-order chi connectivity index (χ0) is 20.2. The van der Waals surface area contributed by atoms with Crippen molar-refractivity contribution in [2.75, 3.05) is 6.54 Å². The molecule has 150 valence electrons. The average Bonchev–Trinajstić information content (AvgIpc) is 3.23. The third-order valence-corrected chi connectivity index (χ3v) is 6.89. The van der Waals surface area contributed by atoms with Gasteiger partial charge in [-0.2, -0.15) is 0 Å². The first kappa shape index (κ1) is 19.9. The van der Waals surface area contributed by atoms with Crippen molar-refractivity contribution in [1.29, 1.82) is 0 Å². The van der Waals surface area contributed by atoms with Crippen molar-refractivity contribution in [2.45, 2.75) is 52.0 Å². The van der Waals surface area contributed by atoms with E-state index in [0.717, 1.165) is 24.9 Å². The number of amides is 1. The van der Waals surface area contributed by atoms with Crippen molar-refractivity contribution >= 4 is 17.2 Å². The molecule has 0 saturated heterocycles. The lowest BCUT2D eigenvalue weighted by Gasteiger charge is -2.36. The Morgan fingerprint density at radius 2 is 1.79 bits per heavy atom. The Balaban J connectivity index is 1.60. The van der Waals surface area contributed by atoms with Crippen LogP contribution in [0.1, 0.15) is 69.7 Å². The molecule has 0 bridgehead atoms. The number of hydrogen-bond donors (Lipinski definition) is 0. The predicted octanol–water partition coefficient (Wildman–Crippen LogP) is 6.58. The molecule has 2 nitrogen and oxygen atoms in total. The van der Waals surface area contributed by atoms with E-state index in [1.807, 2.05) is 23.5 Å². The summed E-state index contributed by atoms with van der Waals surface area (Å²) in [6.45, 7) is 5.10. The molecule has 29 heavy (non-hydrogen) atoms. The van der Waals surface area contributed by atoms with Crippen LogP contribution in [0.3, 0.4) is 0 Å². The Morgan fingerprint density at radius 1 is 1.03 bits per heavy atom. The van der Waals surface area contributed by atoms with Gasteiger partial charge in [0.25, 0.3) is 5.91 Å². The number of thiophene rings is 1. The van der Waals surface area contributed by atoms with Crippen molar-refractivity contribution in [2.24, 2.45) is 0 Å². The maximum atomic E-state index is 13.5. The van der Waals surface area contributed by atoms with Crippen LogP contribution in [0.2, 0.25) is 0 Å². The fraction of sp³-hybridized carbons (Fsp3) is 0.346. The summed E-state index contributed by atoms with van der Waals surface area (Å²) >= 11 is 1.81. The van der Waals surface area contributed by atoms with Crippen LogP contribution in [-0.4, -0.2) is 17.4 Å². The number of carbonyl (C=O) groups is 1. The third-order valence-electron chi connectivity index (χ3n) is 5.89. The summed E-state index contributed by atoms with van der Waals surface area (Å²) in [7, 11) is 0. The van der Waals surface area contributed by atoms with Gasteiger partial charge in [0.05, 0.1) is 6.04 Å². The van der Waals surface area contributed by atoms with Gasteiger partial charge in [0, 0.05) is 17.0 Å². The first-order valence-electron chi connectivity index (χ1n) is 10.7. The number of unbranched alkanes of at least 4 members (excludes halogenated alkanes) is 2. The lowest BCUT2D eigenvalue weighted by atomic mass is 9.92. The summed E-state index contributed by atoms with van der Waals surface area (Å²) in [5.41, 5.74) is 5.84. The number of rotatable bonds is 6. The van der Waals surface area contributed by atoms with E-state index in [4.69, 9.17) is 0 Å². The van der Waals surface area contributed by atoms with E-state index in [1.165, 1.54) is 46.4 Å². The topological polar surface area (TPSA) is 20.3 Å². The molecule has 0 saturated carbocycles. The van der Waals surface area contributed by atoms with E-state index < -0.39 is 0 Å². The number of hydrogen-bond acceptors (Lipinski definition) is 2. The molecule has 4 rings (SSSR count). The summed E-state index contributed by atoms with van der Waals surface area (Å²) in [6.07, 6.45) is 5.74. The Kier molecular flexibility index (Phi) is 6.15. The summed E-state index contributed by atoms with van der Waals surface area (Å²) in [6, 6.07) is 19.1. The fourth-order valence-electron chi connectivity index (χ4n) is 4.20. The molecule has 0 fully saturated rings. The van der Waals surface area contributed by atoms with Gasteiger partial charge in [0.2, 0.25) is 0 Å². The number of carbonyl (C=O) groups excluding carboxylic acids is 1. The lowest BCUT2D eigenvalue weighted by Crippen LogP contribution is -2.40. The van der Waals surface area contributed by atoms with E-state index >= 15 is 0 Å². The summed E-state index contributed by atoms with van der Waals surface area (Å²) in [5, 5.41) is 2.16. The van der Waals surface area contributed by atoms with Crippen LogP contribution in [0, 0.1) is 6.92 Å². The monoisotopic (exact) mass is 403 g/mol.